The number of aromatic nitrogens is 4. The molecular weight excluding hydrogens is 568 g/mol. The number of hydrogen-bond donors (Lipinski definition) is 1. The van der Waals surface area contributed by atoms with Gasteiger partial charge in [0, 0.05) is 47.4 Å². The second-order valence-corrected chi connectivity index (χ2v) is 13.4. The van der Waals surface area contributed by atoms with Crippen molar-refractivity contribution in [1.29, 1.82) is 0 Å². The highest BCUT2D eigenvalue weighted by Crippen LogP contribution is 2.55. The van der Waals surface area contributed by atoms with Crippen molar-refractivity contribution in [2.45, 2.75) is 80.8 Å². The number of anilines is 2. The lowest BCUT2D eigenvalue weighted by Crippen LogP contribution is -2.49. The third-order valence-corrected chi connectivity index (χ3v) is 10.1. The summed E-state index contributed by atoms with van der Waals surface area (Å²) in [6.45, 7) is 7.95. The molecule has 0 atom stereocenters. The van der Waals surface area contributed by atoms with Crippen LogP contribution in [0.15, 0.2) is 41.7 Å². The molecule has 3 fully saturated rings. The predicted molar refractivity (Wildman–Crippen MR) is 154 cm³/mol. The quantitative estimate of drug-likeness (QED) is 0.283. The van der Waals surface area contributed by atoms with Crippen LogP contribution in [0.3, 0.4) is 0 Å². The Labute approximate surface area is 247 Å². The molecule has 4 heterocycles. The van der Waals surface area contributed by atoms with Gasteiger partial charge in [-0.05, 0) is 89.1 Å². The fourth-order valence-corrected chi connectivity index (χ4v) is 7.95. The van der Waals surface area contributed by atoms with Crippen molar-refractivity contribution < 1.29 is 22.3 Å². The van der Waals surface area contributed by atoms with Gasteiger partial charge in [-0.1, -0.05) is 0 Å². The molecule has 6 rings (SSSR count). The molecule has 12 heteroatoms. The Bertz CT molecular complexity index is 1390. The van der Waals surface area contributed by atoms with E-state index in [1.54, 1.807) is 28.7 Å². The van der Waals surface area contributed by atoms with Crippen molar-refractivity contribution >= 4 is 23.4 Å². The summed E-state index contributed by atoms with van der Waals surface area (Å²) in [6.07, 6.45) is 5.24. The van der Waals surface area contributed by atoms with Crippen molar-refractivity contribution in [1.82, 2.24) is 24.6 Å². The summed E-state index contributed by atoms with van der Waals surface area (Å²) < 4.78 is 63.8. The Morgan fingerprint density at radius 3 is 2.50 bits per heavy atom. The van der Waals surface area contributed by atoms with Crippen molar-refractivity contribution in [3.63, 3.8) is 0 Å². The van der Waals surface area contributed by atoms with Crippen LogP contribution in [0, 0.1) is 11.2 Å². The van der Waals surface area contributed by atoms with Gasteiger partial charge in [-0.3, -0.25) is 4.68 Å². The van der Waals surface area contributed by atoms with Crippen molar-refractivity contribution in [3.8, 4) is 11.3 Å². The maximum Gasteiger partial charge on any atom is 0.419 e. The van der Waals surface area contributed by atoms with Crippen LogP contribution >= 0.6 is 11.8 Å². The van der Waals surface area contributed by atoms with Crippen LogP contribution in [0.25, 0.3) is 11.3 Å². The van der Waals surface area contributed by atoms with E-state index < -0.39 is 17.6 Å². The van der Waals surface area contributed by atoms with E-state index in [1.807, 2.05) is 6.07 Å². The van der Waals surface area contributed by atoms with E-state index in [0.717, 1.165) is 49.9 Å². The highest BCUT2D eigenvalue weighted by Gasteiger charge is 2.46. The maximum absolute atomic E-state index is 15.1. The minimum Gasteiger partial charge on any atom is -0.381 e. The summed E-state index contributed by atoms with van der Waals surface area (Å²) in [5, 5.41) is 7.55. The first-order valence-corrected chi connectivity index (χ1v) is 15.5. The molecule has 0 amide bonds. The number of nitrogens with one attached hydrogen (secondary N) is 1. The minimum absolute atomic E-state index is 0.0510. The molecule has 0 radical (unpaired) electrons. The van der Waals surface area contributed by atoms with Gasteiger partial charge < -0.3 is 15.0 Å². The van der Waals surface area contributed by atoms with Crippen LogP contribution < -0.4 is 5.32 Å². The van der Waals surface area contributed by atoms with Crippen molar-refractivity contribution in [3.05, 3.63) is 48.2 Å². The topological polar surface area (TPSA) is 68.1 Å². The maximum atomic E-state index is 15.1. The Balaban J connectivity index is 1.13. The Morgan fingerprint density at radius 1 is 1.10 bits per heavy atom. The molecule has 226 valence electrons. The summed E-state index contributed by atoms with van der Waals surface area (Å²) >= 11 is 1.70. The normalized spacial score (nSPS) is 20.3. The van der Waals surface area contributed by atoms with Crippen LogP contribution in [0.1, 0.15) is 64.0 Å². The van der Waals surface area contributed by atoms with Crippen LogP contribution in [-0.2, 0) is 10.9 Å². The number of benzene rings is 1. The monoisotopic (exact) mass is 604 g/mol. The van der Waals surface area contributed by atoms with Gasteiger partial charge in [0.25, 0.3) is 0 Å². The second-order valence-electron chi connectivity index (χ2n) is 12.1. The number of rotatable bonds is 7. The first-order chi connectivity index (χ1) is 20.1. The van der Waals surface area contributed by atoms with Gasteiger partial charge in [0.1, 0.15) is 11.4 Å². The van der Waals surface area contributed by atoms with Crippen LogP contribution in [0.2, 0.25) is 0 Å². The fraction of sp³-hybridized carbons (Fsp3) is 0.567. The summed E-state index contributed by atoms with van der Waals surface area (Å²) in [4.78, 5) is 11.4. The molecule has 2 aromatic heterocycles. The molecule has 1 aliphatic carbocycles. The number of thioether (sulfide) groups is 1. The Kier molecular flexibility index (Phi) is 8.23. The van der Waals surface area contributed by atoms with Gasteiger partial charge in [0.2, 0.25) is 5.95 Å². The van der Waals surface area contributed by atoms with E-state index in [9.17, 15) is 13.2 Å². The number of ether oxygens (including phenoxy) is 1. The molecule has 7 nitrogen and oxygen atoms in total. The standard InChI is InChI=1S/C30H36F4N6OS/c1-19(2)39-9-7-29(8-10-39)14-23(15-29)42-22-3-4-26(25(31)13-22)37-28-35-17-24(30(32,33)34)27(38-28)20-16-36-40(18-20)21-5-11-41-12-6-21/h3-4,13,16-19,21,23H,5-12,14-15H2,1-2H3,(H,35,37,38). The molecule has 0 bridgehead atoms. The molecule has 3 aromatic rings. The zero-order chi connectivity index (χ0) is 29.5. The zero-order valence-electron chi connectivity index (χ0n) is 23.8. The molecule has 1 spiro atoms. The summed E-state index contributed by atoms with van der Waals surface area (Å²) in [5.41, 5.74) is -0.514. The third-order valence-electron chi connectivity index (χ3n) is 8.93. The third kappa shape index (κ3) is 6.30. The van der Waals surface area contributed by atoms with Crippen LogP contribution in [0.5, 0.6) is 0 Å². The van der Waals surface area contributed by atoms with Gasteiger partial charge in [0.05, 0.1) is 23.6 Å². The highest BCUT2D eigenvalue weighted by molar-refractivity contribution is 8.00. The smallest absolute Gasteiger partial charge is 0.381 e. The fourth-order valence-electron chi connectivity index (χ4n) is 6.38. The van der Waals surface area contributed by atoms with Crippen LogP contribution in [0.4, 0.5) is 29.2 Å². The average molecular weight is 605 g/mol. The van der Waals surface area contributed by atoms with Gasteiger partial charge in [-0.2, -0.15) is 18.3 Å². The first-order valence-electron chi connectivity index (χ1n) is 14.6. The predicted octanol–water partition coefficient (Wildman–Crippen LogP) is 7.34. The van der Waals surface area contributed by atoms with Crippen molar-refractivity contribution in [2.75, 3.05) is 31.6 Å². The zero-order valence-corrected chi connectivity index (χ0v) is 24.6. The van der Waals surface area contributed by atoms with Gasteiger partial charge >= 0.3 is 6.18 Å². The summed E-state index contributed by atoms with van der Waals surface area (Å²) in [5.74, 6) is -0.624. The molecule has 2 aliphatic heterocycles. The number of halogens is 4. The Morgan fingerprint density at radius 2 is 1.83 bits per heavy atom. The summed E-state index contributed by atoms with van der Waals surface area (Å²) in [6, 6.07) is 5.55. The lowest BCUT2D eigenvalue weighted by atomic mass is 9.63. The number of nitrogens with zero attached hydrogens (tertiary/aromatic N) is 5. The number of alkyl halides is 3. The molecule has 42 heavy (non-hydrogen) atoms. The number of hydrogen-bond acceptors (Lipinski definition) is 7. The average Bonchev–Trinajstić information content (AvgIpc) is 3.44. The molecule has 3 aliphatic rings. The largest absolute Gasteiger partial charge is 0.419 e. The molecular formula is C30H36F4N6OS. The van der Waals surface area contributed by atoms with Crippen LogP contribution in [-0.4, -0.2) is 62.2 Å². The van der Waals surface area contributed by atoms with Gasteiger partial charge in [0.15, 0.2) is 0 Å². The van der Waals surface area contributed by atoms with E-state index in [4.69, 9.17) is 4.74 Å². The molecule has 1 aromatic carbocycles. The van der Waals surface area contributed by atoms with E-state index in [2.05, 4.69) is 39.1 Å². The lowest BCUT2D eigenvalue weighted by molar-refractivity contribution is -0.137. The van der Waals surface area contributed by atoms with Crippen molar-refractivity contribution in [2.24, 2.45) is 5.41 Å². The van der Waals surface area contributed by atoms with E-state index in [-0.39, 0.29) is 28.9 Å². The first kappa shape index (κ1) is 29.4. The lowest BCUT2D eigenvalue weighted by Gasteiger charge is -2.52. The van der Waals surface area contributed by atoms with E-state index >= 15 is 4.39 Å². The highest BCUT2D eigenvalue weighted by atomic mass is 32.2. The summed E-state index contributed by atoms with van der Waals surface area (Å²) in [7, 11) is 0. The van der Waals surface area contributed by atoms with E-state index in [0.29, 0.717) is 29.9 Å². The molecule has 2 saturated heterocycles. The van der Waals surface area contributed by atoms with E-state index in [1.165, 1.54) is 25.1 Å². The van der Waals surface area contributed by atoms with Gasteiger partial charge in [-0.15, -0.1) is 11.8 Å². The SMILES string of the molecule is CC(C)N1CCC2(CC1)CC(Sc1ccc(Nc3ncc(C(F)(F)F)c(-c4cnn(C5CCOCC5)c4)n3)c(F)c1)C2. The molecule has 0 unspecified atom stereocenters. The molecule has 1 saturated carbocycles. The van der Waals surface area contributed by atoms with Gasteiger partial charge in [-0.25, -0.2) is 14.4 Å². The Hall–Kier alpha value is -2.70. The molecule has 1 N–H and O–H groups in total. The second kappa shape index (κ2) is 11.8. The number of likely N-dealkylation sites (tertiary alicyclic amines) is 1. The minimum atomic E-state index is -4.66. The number of piperidine rings is 1.